The predicted molar refractivity (Wildman–Crippen MR) is 64.3 cm³/mol. The molecule has 0 radical (unpaired) electrons. The fourth-order valence-electron chi connectivity index (χ4n) is 1.42. The van der Waals surface area contributed by atoms with Crippen molar-refractivity contribution in [1.29, 1.82) is 0 Å². The molecule has 0 amide bonds. The number of hydrogen-bond donors (Lipinski definition) is 1. The lowest BCUT2D eigenvalue weighted by atomic mass is 10.1. The Kier molecular flexibility index (Phi) is 5.40. The first-order valence-electron chi connectivity index (χ1n) is 5.48. The molecule has 1 aromatic heterocycles. The van der Waals surface area contributed by atoms with Crippen molar-refractivity contribution in [2.24, 2.45) is 0 Å². The van der Waals surface area contributed by atoms with E-state index in [1.54, 1.807) is 6.07 Å². The number of aromatic nitrogens is 2. The van der Waals surface area contributed by atoms with Crippen molar-refractivity contribution in [3.63, 3.8) is 0 Å². The van der Waals surface area contributed by atoms with E-state index in [-0.39, 0.29) is 0 Å². The van der Waals surface area contributed by atoms with Gasteiger partial charge < -0.3 is 5.32 Å². The molecule has 1 atom stereocenters. The lowest BCUT2D eigenvalue weighted by Gasteiger charge is -2.13. The molecule has 1 aromatic rings. The summed E-state index contributed by atoms with van der Waals surface area (Å²) in [5.74, 6) is 0.795. The van der Waals surface area contributed by atoms with Gasteiger partial charge in [-0.25, -0.2) is 0 Å². The Hall–Kier alpha value is -0.830. The Morgan fingerprint density at radius 1 is 1.33 bits per heavy atom. The van der Waals surface area contributed by atoms with Crippen LogP contribution in [0, 0.1) is 0 Å². The van der Waals surface area contributed by atoms with Crippen LogP contribution in [0.4, 0.5) is 5.82 Å². The maximum Gasteiger partial charge on any atom is 0.151 e. The summed E-state index contributed by atoms with van der Waals surface area (Å²) in [7, 11) is 0. The Morgan fingerprint density at radius 2 is 2.13 bits per heavy atom. The minimum atomic E-state index is 0.430. The lowest BCUT2D eigenvalue weighted by Crippen LogP contribution is -2.16. The van der Waals surface area contributed by atoms with Crippen LogP contribution >= 0.6 is 11.6 Å². The van der Waals surface area contributed by atoms with Crippen molar-refractivity contribution >= 4 is 17.4 Å². The van der Waals surface area contributed by atoms with E-state index in [9.17, 15) is 0 Å². The molecule has 84 valence electrons. The van der Waals surface area contributed by atoms with Crippen molar-refractivity contribution in [2.45, 2.75) is 45.6 Å². The number of nitrogens with zero attached hydrogens (tertiary/aromatic N) is 2. The summed E-state index contributed by atoms with van der Waals surface area (Å²) in [6.07, 6.45) is 4.97. The van der Waals surface area contributed by atoms with Crippen LogP contribution in [0.5, 0.6) is 0 Å². The maximum absolute atomic E-state index is 5.65. The summed E-state index contributed by atoms with van der Waals surface area (Å²) in [6, 6.07) is 4.04. The number of nitrogens with one attached hydrogen (secondary N) is 1. The largest absolute Gasteiger partial charge is 0.366 e. The monoisotopic (exact) mass is 227 g/mol. The molecular weight excluding hydrogens is 210 g/mol. The quantitative estimate of drug-likeness (QED) is 0.756. The van der Waals surface area contributed by atoms with Crippen molar-refractivity contribution in [2.75, 3.05) is 5.32 Å². The number of halogens is 1. The van der Waals surface area contributed by atoms with Gasteiger partial charge in [0.2, 0.25) is 0 Å². The smallest absolute Gasteiger partial charge is 0.151 e. The third-order valence-corrected chi connectivity index (χ3v) is 2.47. The van der Waals surface area contributed by atoms with Gasteiger partial charge in [-0.1, -0.05) is 37.8 Å². The van der Waals surface area contributed by atoms with Gasteiger partial charge in [-0.3, -0.25) is 0 Å². The predicted octanol–water partition coefficient (Wildman–Crippen LogP) is 3.51. The zero-order valence-corrected chi connectivity index (χ0v) is 10.1. The van der Waals surface area contributed by atoms with Crippen LogP contribution in [0.25, 0.3) is 0 Å². The zero-order valence-electron chi connectivity index (χ0n) is 9.33. The van der Waals surface area contributed by atoms with Crippen LogP contribution < -0.4 is 5.32 Å². The van der Waals surface area contributed by atoms with E-state index in [1.807, 2.05) is 6.07 Å². The van der Waals surface area contributed by atoms with E-state index in [1.165, 1.54) is 19.3 Å². The normalized spacial score (nSPS) is 12.5. The molecule has 0 saturated carbocycles. The average Bonchev–Trinajstić information content (AvgIpc) is 2.22. The molecule has 1 N–H and O–H groups in total. The zero-order chi connectivity index (χ0) is 11.1. The molecule has 15 heavy (non-hydrogen) atoms. The van der Waals surface area contributed by atoms with Crippen LogP contribution in [0.1, 0.15) is 39.5 Å². The molecule has 0 spiro atoms. The molecule has 0 fully saturated rings. The van der Waals surface area contributed by atoms with E-state index in [4.69, 9.17) is 11.6 Å². The molecule has 1 unspecified atom stereocenters. The highest BCUT2D eigenvalue weighted by Gasteiger charge is 2.02. The Morgan fingerprint density at radius 3 is 2.73 bits per heavy atom. The first-order valence-corrected chi connectivity index (χ1v) is 5.86. The molecule has 0 aliphatic rings. The third kappa shape index (κ3) is 4.98. The van der Waals surface area contributed by atoms with Gasteiger partial charge in [-0.05, 0) is 25.5 Å². The average molecular weight is 228 g/mol. The summed E-state index contributed by atoms with van der Waals surface area (Å²) < 4.78 is 0. The first kappa shape index (κ1) is 12.2. The molecule has 3 nitrogen and oxygen atoms in total. The molecule has 0 aromatic carbocycles. The topological polar surface area (TPSA) is 37.8 Å². The van der Waals surface area contributed by atoms with Crippen LogP contribution in [0.2, 0.25) is 5.15 Å². The van der Waals surface area contributed by atoms with Crippen molar-refractivity contribution in [3.05, 3.63) is 17.3 Å². The molecule has 1 rings (SSSR count). The number of anilines is 1. The first-order chi connectivity index (χ1) is 7.22. The minimum absolute atomic E-state index is 0.430. The number of hydrogen-bond acceptors (Lipinski definition) is 3. The van der Waals surface area contributed by atoms with E-state index >= 15 is 0 Å². The number of rotatable bonds is 6. The summed E-state index contributed by atoms with van der Waals surface area (Å²) in [6.45, 7) is 4.37. The SMILES string of the molecule is CCCCCC(C)Nc1ccc(Cl)nn1. The fraction of sp³-hybridized carbons (Fsp3) is 0.636. The van der Waals surface area contributed by atoms with Gasteiger partial charge in [0.1, 0.15) is 5.82 Å². The van der Waals surface area contributed by atoms with Crippen LogP contribution in [0.15, 0.2) is 12.1 Å². The van der Waals surface area contributed by atoms with Gasteiger partial charge in [-0.2, -0.15) is 0 Å². The summed E-state index contributed by atoms with van der Waals surface area (Å²) in [4.78, 5) is 0. The van der Waals surface area contributed by atoms with Crippen LogP contribution in [-0.2, 0) is 0 Å². The van der Waals surface area contributed by atoms with E-state index in [0.29, 0.717) is 11.2 Å². The van der Waals surface area contributed by atoms with Gasteiger partial charge in [0.15, 0.2) is 5.15 Å². The van der Waals surface area contributed by atoms with Crippen molar-refractivity contribution in [1.82, 2.24) is 10.2 Å². The second-order valence-electron chi connectivity index (χ2n) is 3.78. The molecule has 1 heterocycles. The molecule has 4 heteroatoms. The van der Waals surface area contributed by atoms with Crippen LogP contribution in [-0.4, -0.2) is 16.2 Å². The second-order valence-corrected chi connectivity index (χ2v) is 4.17. The van der Waals surface area contributed by atoms with Gasteiger partial charge in [0.25, 0.3) is 0 Å². The highest BCUT2D eigenvalue weighted by atomic mass is 35.5. The summed E-state index contributed by atoms with van der Waals surface area (Å²) in [5.41, 5.74) is 0. The molecule has 0 bridgehead atoms. The van der Waals surface area contributed by atoms with Crippen LogP contribution in [0.3, 0.4) is 0 Å². The van der Waals surface area contributed by atoms with Gasteiger partial charge in [0, 0.05) is 6.04 Å². The second kappa shape index (κ2) is 6.62. The maximum atomic E-state index is 5.65. The van der Waals surface area contributed by atoms with E-state index in [0.717, 1.165) is 12.2 Å². The van der Waals surface area contributed by atoms with Crippen molar-refractivity contribution < 1.29 is 0 Å². The lowest BCUT2D eigenvalue weighted by molar-refractivity contribution is 0.613. The standard InChI is InChI=1S/C11H18ClN3/c1-3-4-5-6-9(2)13-11-8-7-10(12)14-15-11/h7-9H,3-6H2,1-2H3,(H,13,15). The summed E-state index contributed by atoms with van der Waals surface area (Å²) in [5, 5.41) is 11.5. The Bertz CT molecular complexity index is 274. The van der Waals surface area contributed by atoms with Gasteiger partial charge in [0.05, 0.1) is 0 Å². The van der Waals surface area contributed by atoms with E-state index < -0.39 is 0 Å². The van der Waals surface area contributed by atoms with Gasteiger partial charge in [-0.15, -0.1) is 10.2 Å². The Balaban J connectivity index is 2.31. The molecule has 0 aliphatic heterocycles. The highest BCUT2D eigenvalue weighted by Crippen LogP contribution is 2.10. The Labute approximate surface area is 96.2 Å². The fourth-order valence-corrected chi connectivity index (χ4v) is 1.52. The highest BCUT2D eigenvalue weighted by molar-refractivity contribution is 6.29. The number of unbranched alkanes of at least 4 members (excludes halogenated alkanes) is 2. The third-order valence-electron chi connectivity index (χ3n) is 2.27. The minimum Gasteiger partial charge on any atom is -0.366 e. The van der Waals surface area contributed by atoms with Crippen molar-refractivity contribution in [3.8, 4) is 0 Å². The van der Waals surface area contributed by atoms with E-state index in [2.05, 4.69) is 29.4 Å². The molecule has 0 saturated heterocycles. The molecular formula is C11H18ClN3. The summed E-state index contributed by atoms with van der Waals surface area (Å²) >= 11 is 5.65. The van der Waals surface area contributed by atoms with Gasteiger partial charge >= 0.3 is 0 Å². The molecule has 0 aliphatic carbocycles.